The minimum Gasteiger partial charge on any atom is -0.493 e. The Morgan fingerprint density at radius 2 is 1.76 bits per heavy atom. The summed E-state index contributed by atoms with van der Waals surface area (Å²) in [5.74, 6) is -0.0501. The normalized spacial score (nSPS) is 47.1. The van der Waals surface area contributed by atoms with Gasteiger partial charge in [0.15, 0.2) is 11.5 Å². The molecule has 6 heteroatoms. The summed E-state index contributed by atoms with van der Waals surface area (Å²) in [5, 5.41) is 11.6. The Hall–Kier alpha value is -1.95. The maximum absolute atomic E-state index is 13.0. The van der Waals surface area contributed by atoms with Crippen molar-refractivity contribution in [3.63, 3.8) is 0 Å². The van der Waals surface area contributed by atoms with Crippen LogP contribution in [-0.4, -0.2) is 42.0 Å². The van der Waals surface area contributed by atoms with E-state index in [-0.39, 0.29) is 40.0 Å². The largest absolute Gasteiger partial charge is 0.493 e. The van der Waals surface area contributed by atoms with Crippen LogP contribution in [0.2, 0.25) is 0 Å². The van der Waals surface area contributed by atoms with Crippen LogP contribution in [0, 0.1) is 34.0 Å². The van der Waals surface area contributed by atoms with E-state index >= 15 is 0 Å². The molecule has 2 bridgehead atoms. The second-order valence-corrected chi connectivity index (χ2v) is 12.0. The van der Waals surface area contributed by atoms with Crippen molar-refractivity contribution < 1.29 is 29.0 Å². The van der Waals surface area contributed by atoms with Crippen molar-refractivity contribution in [2.45, 2.75) is 77.7 Å². The molecule has 4 fully saturated rings. The molecule has 4 aliphatic carbocycles. The van der Waals surface area contributed by atoms with Gasteiger partial charge in [0.05, 0.1) is 24.7 Å². The molecular weight excluding hydrogens is 420 g/mol. The minimum atomic E-state index is -0.948. The van der Waals surface area contributed by atoms with E-state index in [1.165, 1.54) is 19.3 Å². The number of carbonyl (C=O) groups excluding carboxylic acids is 3. The van der Waals surface area contributed by atoms with Crippen LogP contribution in [0.3, 0.4) is 0 Å². The quantitative estimate of drug-likeness (QED) is 0.512. The Morgan fingerprint density at radius 1 is 1.03 bits per heavy atom. The third kappa shape index (κ3) is 3.05. The van der Waals surface area contributed by atoms with Gasteiger partial charge < -0.3 is 14.6 Å². The van der Waals surface area contributed by atoms with E-state index in [9.17, 15) is 19.5 Å². The second kappa shape index (κ2) is 7.27. The standard InChI is InChI=1S/C27H36O6/c1-24-10-6-20-25(2)8-5-9-27(20,15-33-23(25)30)19(24)7-11-26(3,31)21(24)13-16-12-17(28)14-18(32-4)22(16)29/h12,14,19-21,31H,5-11,13,15H2,1-4H3/t19?,20?,21-,24+,25-,26-,27-/m0/s1. The molecule has 7 atom stereocenters. The molecule has 0 spiro atoms. The number of methoxy groups -OCH3 is 1. The van der Waals surface area contributed by atoms with E-state index < -0.39 is 11.0 Å². The average molecular weight is 457 g/mol. The molecule has 33 heavy (non-hydrogen) atoms. The number of carbonyl (C=O) groups is 3. The zero-order chi connectivity index (χ0) is 23.8. The third-order valence-electron chi connectivity index (χ3n) is 10.4. The fourth-order valence-electron chi connectivity index (χ4n) is 8.92. The molecule has 1 heterocycles. The van der Waals surface area contributed by atoms with Crippen LogP contribution in [0.25, 0.3) is 0 Å². The topological polar surface area (TPSA) is 89.9 Å². The molecule has 1 N–H and O–H groups in total. The van der Waals surface area contributed by atoms with E-state index in [1.54, 1.807) is 0 Å². The monoisotopic (exact) mass is 456 g/mol. The first kappa shape index (κ1) is 22.8. The molecule has 0 aromatic rings. The lowest BCUT2D eigenvalue weighted by Gasteiger charge is -2.69. The van der Waals surface area contributed by atoms with Gasteiger partial charge in [-0.3, -0.25) is 14.4 Å². The first-order valence-electron chi connectivity index (χ1n) is 12.4. The number of hydrogen-bond donors (Lipinski definition) is 1. The summed E-state index contributed by atoms with van der Waals surface area (Å²) >= 11 is 0. The van der Waals surface area contributed by atoms with Crippen LogP contribution in [0.4, 0.5) is 0 Å². The lowest BCUT2D eigenvalue weighted by molar-refractivity contribution is -0.256. The molecule has 5 aliphatic rings. The van der Waals surface area contributed by atoms with Gasteiger partial charge in [-0.05, 0) is 88.0 Å². The number of aliphatic hydroxyl groups is 1. The number of hydrogen-bond acceptors (Lipinski definition) is 6. The van der Waals surface area contributed by atoms with Gasteiger partial charge in [0.1, 0.15) is 0 Å². The fraction of sp³-hybridized carbons (Fsp3) is 0.741. The van der Waals surface area contributed by atoms with Crippen molar-refractivity contribution in [2.75, 3.05) is 13.7 Å². The summed E-state index contributed by atoms with van der Waals surface area (Å²) in [6, 6.07) is 0. The number of cyclic esters (lactones) is 1. The smallest absolute Gasteiger partial charge is 0.312 e. The summed E-state index contributed by atoms with van der Waals surface area (Å²) in [6.07, 6.45) is 9.32. The number of ketones is 2. The first-order valence-corrected chi connectivity index (χ1v) is 12.4. The Bertz CT molecular complexity index is 975. The van der Waals surface area contributed by atoms with Crippen molar-refractivity contribution in [3.8, 4) is 0 Å². The number of fused-ring (bicyclic) bond motifs is 1. The molecule has 0 radical (unpaired) electrons. The summed E-state index contributed by atoms with van der Waals surface area (Å²) in [5.41, 5.74) is -1.23. The van der Waals surface area contributed by atoms with Crippen LogP contribution in [0.15, 0.2) is 23.5 Å². The number of ether oxygens (including phenoxy) is 2. The Labute approximate surface area is 195 Å². The third-order valence-corrected chi connectivity index (χ3v) is 10.4. The van der Waals surface area contributed by atoms with Gasteiger partial charge >= 0.3 is 5.97 Å². The maximum Gasteiger partial charge on any atom is 0.312 e. The molecule has 0 aromatic carbocycles. The highest BCUT2D eigenvalue weighted by molar-refractivity contribution is 6.19. The summed E-state index contributed by atoms with van der Waals surface area (Å²) in [7, 11) is 1.40. The predicted octanol–water partition coefficient (Wildman–Crippen LogP) is 3.91. The SMILES string of the molecule is COC1=CC(=O)C=C(C[C@@H]2[C@@](C)(O)CCC3[C@]45CCC[C@](C)(C(=O)OC4)C5CC[C@]32C)C1=O. The molecule has 0 amide bonds. The molecular formula is C27H36O6. The fourth-order valence-corrected chi connectivity index (χ4v) is 8.92. The van der Waals surface area contributed by atoms with Gasteiger partial charge in [-0.15, -0.1) is 0 Å². The minimum absolute atomic E-state index is 0.0406. The second-order valence-electron chi connectivity index (χ2n) is 12.0. The van der Waals surface area contributed by atoms with Crippen LogP contribution in [0.1, 0.15) is 72.1 Å². The molecule has 1 saturated heterocycles. The van der Waals surface area contributed by atoms with Crippen molar-refractivity contribution in [2.24, 2.45) is 34.0 Å². The summed E-state index contributed by atoms with van der Waals surface area (Å²) in [4.78, 5) is 38.0. The van der Waals surface area contributed by atoms with Gasteiger partial charge in [-0.25, -0.2) is 0 Å². The number of esters is 1. The van der Waals surface area contributed by atoms with Crippen LogP contribution >= 0.6 is 0 Å². The van der Waals surface area contributed by atoms with Gasteiger partial charge in [-0.1, -0.05) is 13.3 Å². The molecule has 6 nitrogen and oxygen atoms in total. The zero-order valence-corrected chi connectivity index (χ0v) is 20.2. The van der Waals surface area contributed by atoms with Crippen LogP contribution in [0.5, 0.6) is 0 Å². The highest BCUT2D eigenvalue weighted by atomic mass is 16.5. The Balaban J connectivity index is 1.53. The molecule has 180 valence electrons. The van der Waals surface area contributed by atoms with Crippen molar-refractivity contribution in [1.82, 2.24) is 0 Å². The van der Waals surface area contributed by atoms with E-state index in [0.29, 0.717) is 36.9 Å². The van der Waals surface area contributed by atoms with E-state index in [4.69, 9.17) is 9.47 Å². The van der Waals surface area contributed by atoms with Crippen molar-refractivity contribution in [1.29, 1.82) is 0 Å². The molecule has 2 unspecified atom stereocenters. The number of Topliss-reactive ketones (excluding diaryl/α,β-unsaturated/α-hetero) is 1. The number of allylic oxidation sites excluding steroid dienone is 3. The van der Waals surface area contributed by atoms with Crippen LogP contribution < -0.4 is 0 Å². The summed E-state index contributed by atoms with van der Waals surface area (Å²) < 4.78 is 11.0. The number of rotatable bonds is 3. The van der Waals surface area contributed by atoms with Crippen molar-refractivity contribution >= 4 is 17.5 Å². The molecule has 5 rings (SSSR count). The molecule has 0 aromatic heterocycles. The predicted molar refractivity (Wildman–Crippen MR) is 121 cm³/mol. The summed E-state index contributed by atoms with van der Waals surface area (Å²) in [6.45, 7) is 6.73. The Kier molecular flexibility index (Phi) is 5.03. The van der Waals surface area contributed by atoms with E-state index in [2.05, 4.69) is 13.8 Å². The van der Waals surface area contributed by atoms with Gasteiger partial charge in [0, 0.05) is 17.1 Å². The Morgan fingerprint density at radius 3 is 2.48 bits per heavy atom. The lowest BCUT2D eigenvalue weighted by atomic mass is 9.37. The maximum atomic E-state index is 13.0. The van der Waals surface area contributed by atoms with E-state index in [1.807, 2.05) is 6.92 Å². The molecule has 3 saturated carbocycles. The van der Waals surface area contributed by atoms with Crippen molar-refractivity contribution in [3.05, 3.63) is 23.5 Å². The zero-order valence-electron chi connectivity index (χ0n) is 20.2. The lowest BCUT2D eigenvalue weighted by Crippen LogP contribution is -2.68. The average Bonchev–Trinajstić information content (AvgIpc) is 2.75. The highest BCUT2D eigenvalue weighted by Gasteiger charge is 2.69. The van der Waals surface area contributed by atoms with Crippen LogP contribution in [-0.2, 0) is 23.9 Å². The van der Waals surface area contributed by atoms with E-state index in [0.717, 1.165) is 38.5 Å². The van der Waals surface area contributed by atoms with Gasteiger partial charge in [0.25, 0.3) is 0 Å². The highest BCUT2D eigenvalue weighted by Crippen LogP contribution is 2.71. The van der Waals surface area contributed by atoms with Gasteiger partial charge in [0.2, 0.25) is 5.78 Å². The van der Waals surface area contributed by atoms with Gasteiger partial charge in [-0.2, -0.15) is 0 Å². The molecule has 1 aliphatic heterocycles. The first-order chi connectivity index (χ1) is 15.5.